The van der Waals surface area contributed by atoms with E-state index in [0.717, 1.165) is 51.4 Å². The third-order valence-electron chi connectivity index (χ3n) is 11.4. The Morgan fingerprint density at radius 1 is 1.00 bits per heavy atom. The molecule has 7 heteroatoms. The van der Waals surface area contributed by atoms with Crippen molar-refractivity contribution < 1.29 is 28.7 Å². The molecule has 40 heavy (non-hydrogen) atoms. The Labute approximate surface area is 240 Å². The van der Waals surface area contributed by atoms with Gasteiger partial charge in [0.25, 0.3) is 0 Å². The Kier molecular flexibility index (Phi) is 9.21. The van der Waals surface area contributed by atoms with E-state index in [1.54, 1.807) is 0 Å². The molecule has 0 spiro atoms. The zero-order valence-electron chi connectivity index (χ0n) is 25.7. The summed E-state index contributed by atoms with van der Waals surface area (Å²) < 4.78 is 11.6. The first kappa shape index (κ1) is 30.8. The van der Waals surface area contributed by atoms with Crippen molar-refractivity contribution in [3.63, 3.8) is 0 Å². The van der Waals surface area contributed by atoms with Gasteiger partial charge in [-0.15, -0.1) is 0 Å². The minimum absolute atomic E-state index is 0.0124. The predicted molar refractivity (Wildman–Crippen MR) is 153 cm³/mol. The minimum Gasteiger partial charge on any atom is -0.462 e. The lowest BCUT2D eigenvalue weighted by atomic mass is 9.47. The molecule has 4 aliphatic rings. The molecule has 0 aliphatic heterocycles. The minimum atomic E-state index is -0.265. The molecule has 1 N–H and O–H groups in total. The van der Waals surface area contributed by atoms with Crippen LogP contribution in [0.5, 0.6) is 0 Å². The van der Waals surface area contributed by atoms with Gasteiger partial charge in [0.05, 0.1) is 0 Å². The summed E-state index contributed by atoms with van der Waals surface area (Å²) in [6.45, 7) is 14.0. The van der Waals surface area contributed by atoms with E-state index < -0.39 is 0 Å². The van der Waals surface area contributed by atoms with Crippen LogP contribution in [-0.4, -0.2) is 42.4 Å². The highest BCUT2D eigenvalue weighted by Gasteiger charge is 2.63. The second-order valence-electron chi connectivity index (χ2n) is 14.0. The lowest BCUT2D eigenvalue weighted by Gasteiger charge is -2.58. The number of hydrogen-bond donors (Lipinski definition) is 1. The van der Waals surface area contributed by atoms with Gasteiger partial charge in [-0.05, 0) is 79.4 Å². The molecule has 4 rings (SSSR count). The summed E-state index contributed by atoms with van der Waals surface area (Å²) in [4.78, 5) is 48.7. The molecule has 7 nitrogen and oxygen atoms in total. The fourth-order valence-electron chi connectivity index (χ4n) is 9.45. The quantitative estimate of drug-likeness (QED) is 0.284. The van der Waals surface area contributed by atoms with Crippen molar-refractivity contribution in [2.45, 2.75) is 118 Å². The molecule has 0 radical (unpaired) electrons. The van der Waals surface area contributed by atoms with Crippen LogP contribution in [0.4, 0.5) is 0 Å². The van der Waals surface area contributed by atoms with Gasteiger partial charge in [0.15, 0.2) is 0 Å². The lowest BCUT2D eigenvalue weighted by molar-refractivity contribution is -0.153. The Bertz CT molecular complexity index is 1040. The van der Waals surface area contributed by atoms with Crippen LogP contribution in [0.25, 0.3) is 0 Å². The summed E-state index contributed by atoms with van der Waals surface area (Å²) in [5.41, 5.74) is 1.51. The molecular formula is C33H51NO6. The molecule has 0 bridgehead atoms. The molecule has 0 unspecified atom stereocenters. The van der Waals surface area contributed by atoms with Crippen molar-refractivity contribution in [1.82, 2.24) is 5.32 Å². The average molecular weight is 558 g/mol. The van der Waals surface area contributed by atoms with Gasteiger partial charge in [-0.3, -0.25) is 19.2 Å². The van der Waals surface area contributed by atoms with Crippen molar-refractivity contribution in [3.8, 4) is 0 Å². The standard InChI is InChI=1S/C33H51NO6/c1-19(18-34-21(3)35)8-11-29(38)20(2)31-30(40-23(5)37)17-28-26-10-9-24-16-25(39-22(4)36)12-14-32(24,6)27(26)13-15-33(28,31)7/h9,19-20,25-28,30-31H,8,10-18H2,1-7H3,(H,34,35)/t19-,20-,25+,26-,27+,28+,30+,31+,32+,33+/m1/s1. The summed E-state index contributed by atoms with van der Waals surface area (Å²) in [5.74, 6) is 1.24. The normalized spacial score (nSPS) is 38.0. The van der Waals surface area contributed by atoms with Gasteiger partial charge in [0.2, 0.25) is 5.91 Å². The number of allylic oxidation sites excluding steroid dienone is 1. The monoisotopic (exact) mass is 557 g/mol. The molecule has 1 amide bonds. The van der Waals surface area contributed by atoms with Crippen LogP contribution in [0.3, 0.4) is 0 Å². The molecular weight excluding hydrogens is 506 g/mol. The van der Waals surface area contributed by atoms with E-state index in [9.17, 15) is 19.2 Å². The highest BCUT2D eigenvalue weighted by molar-refractivity contribution is 5.81. The summed E-state index contributed by atoms with van der Waals surface area (Å²) in [6, 6.07) is 0. The van der Waals surface area contributed by atoms with Crippen molar-refractivity contribution in [3.05, 3.63) is 11.6 Å². The predicted octanol–water partition coefficient (Wildman–Crippen LogP) is 5.80. The second-order valence-corrected chi connectivity index (χ2v) is 14.0. The maximum atomic E-state index is 13.6. The lowest BCUT2D eigenvalue weighted by Crippen LogP contribution is -2.51. The van der Waals surface area contributed by atoms with Crippen molar-refractivity contribution in [2.24, 2.45) is 46.3 Å². The fourth-order valence-corrected chi connectivity index (χ4v) is 9.45. The molecule has 0 aromatic rings. The number of ether oxygens (including phenoxy) is 2. The number of esters is 2. The maximum Gasteiger partial charge on any atom is 0.302 e. The number of carbonyl (C=O) groups excluding carboxylic acids is 4. The van der Waals surface area contributed by atoms with E-state index >= 15 is 0 Å². The number of Topliss-reactive ketones (excluding diaryl/α,β-unsaturated/α-hetero) is 1. The summed E-state index contributed by atoms with van der Waals surface area (Å²) in [6.07, 6.45) is 10.2. The first-order valence-corrected chi connectivity index (χ1v) is 15.6. The zero-order valence-corrected chi connectivity index (χ0v) is 25.7. The molecule has 3 saturated carbocycles. The molecule has 0 saturated heterocycles. The van der Waals surface area contributed by atoms with Crippen LogP contribution in [0.1, 0.15) is 106 Å². The third-order valence-corrected chi connectivity index (χ3v) is 11.4. The third kappa shape index (κ3) is 6.04. The first-order valence-electron chi connectivity index (χ1n) is 15.6. The van der Waals surface area contributed by atoms with Gasteiger partial charge < -0.3 is 14.8 Å². The van der Waals surface area contributed by atoms with Crippen LogP contribution in [0.2, 0.25) is 0 Å². The van der Waals surface area contributed by atoms with Crippen LogP contribution in [-0.2, 0) is 28.7 Å². The van der Waals surface area contributed by atoms with E-state index in [1.807, 2.05) is 0 Å². The average Bonchev–Trinajstić information content (AvgIpc) is 3.16. The van der Waals surface area contributed by atoms with E-state index in [1.165, 1.54) is 26.3 Å². The molecule has 0 aromatic heterocycles. The van der Waals surface area contributed by atoms with E-state index in [0.29, 0.717) is 30.7 Å². The van der Waals surface area contributed by atoms with Crippen molar-refractivity contribution in [2.75, 3.05) is 6.54 Å². The number of fused-ring (bicyclic) bond motifs is 5. The first-order chi connectivity index (χ1) is 18.8. The number of carbonyl (C=O) groups is 4. The van der Waals surface area contributed by atoms with Crippen molar-refractivity contribution >= 4 is 23.6 Å². The Hall–Kier alpha value is -2.18. The van der Waals surface area contributed by atoms with Gasteiger partial charge in [0, 0.05) is 52.0 Å². The number of hydrogen-bond acceptors (Lipinski definition) is 6. The number of ketones is 1. The number of rotatable bonds is 9. The van der Waals surface area contributed by atoms with Gasteiger partial charge >= 0.3 is 11.9 Å². The topological polar surface area (TPSA) is 98.8 Å². The van der Waals surface area contributed by atoms with Gasteiger partial charge in [-0.2, -0.15) is 0 Å². The summed E-state index contributed by atoms with van der Waals surface area (Å²) in [5, 5.41) is 2.85. The zero-order chi connectivity index (χ0) is 29.4. The highest BCUT2D eigenvalue weighted by Crippen LogP contribution is 2.67. The second kappa shape index (κ2) is 12.0. The maximum absolute atomic E-state index is 13.6. The fraction of sp³-hybridized carbons (Fsp3) is 0.818. The number of amides is 1. The van der Waals surface area contributed by atoms with Crippen LogP contribution < -0.4 is 5.32 Å². The highest BCUT2D eigenvalue weighted by atomic mass is 16.5. The SMILES string of the molecule is CC(=O)NC[C@H](C)CCC(=O)[C@@H](C)[C@H]1[C@@H](OC(C)=O)C[C@H]2[C@@H]3CC=C4C[C@@H](OC(C)=O)CC[C@]4(C)[C@H]3CC[C@]12C. The Morgan fingerprint density at radius 3 is 2.35 bits per heavy atom. The van der Waals surface area contributed by atoms with E-state index in [2.05, 4.69) is 39.1 Å². The molecule has 3 fully saturated rings. The van der Waals surface area contributed by atoms with Crippen LogP contribution in [0.15, 0.2) is 11.6 Å². The van der Waals surface area contributed by atoms with E-state index in [-0.39, 0.29) is 64.4 Å². The Morgan fingerprint density at radius 2 is 1.70 bits per heavy atom. The molecule has 224 valence electrons. The largest absolute Gasteiger partial charge is 0.462 e. The Balaban J connectivity index is 1.52. The van der Waals surface area contributed by atoms with Gasteiger partial charge in [-0.1, -0.05) is 39.3 Å². The molecule has 0 aromatic carbocycles. The van der Waals surface area contributed by atoms with Gasteiger partial charge in [0.1, 0.15) is 18.0 Å². The summed E-state index contributed by atoms with van der Waals surface area (Å²) >= 11 is 0. The summed E-state index contributed by atoms with van der Waals surface area (Å²) in [7, 11) is 0. The molecule has 10 atom stereocenters. The number of nitrogens with one attached hydrogen (secondary N) is 1. The van der Waals surface area contributed by atoms with Crippen LogP contribution in [0, 0.1) is 46.3 Å². The van der Waals surface area contributed by atoms with E-state index in [4.69, 9.17) is 9.47 Å². The van der Waals surface area contributed by atoms with Gasteiger partial charge in [-0.25, -0.2) is 0 Å². The smallest absolute Gasteiger partial charge is 0.302 e. The van der Waals surface area contributed by atoms with Crippen LogP contribution >= 0.6 is 0 Å². The van der Waals surface area contributed by atoms with Crippen molar-refractivity contribution in [1.29, 1.82) is 0 Å². The molecule has 0 heterocycles. The molecule has 4 aliphatic carbocycles.